The second kappa shape index (κ2) is 3.18. The highest BCUT2D eigenvalue weighted by atomic mass is 16.3. The van der Waals surface area contributed by atoms with Gasteiger partial charge in [-0.3, -0.25) is 0 Å². The average molecular weight is 129 g/mol. The molecule has 0 saturated heterocycles. The van der Waals surface area contributed by atoms with Crippen molar-refractivity contribution in [2.45, 2.75) is 31.8 Å². The van der Waals surface area contributed by atoms with Crippen LogP contribution >= 0.6 is 0 Å². The van der Waals surface area contributed by atoms with Gasteiger partial charge in [-0.05, 0) is 31.7 Å². The number of hydrogen-bond acceptors (Lipinski definition) is 2. The molecule has 0 aromatic carbocycles. The highest BCUT2D eigenvalue weighted by Gasteiger charge is 2.17. The summed E-state index contributed by atoms with van der Waals surface area (Å²) < 4.78 is 0. The molecular formula is C7H15NO. The van der Waals surface area contributed by atoms with Crippen molar-refractivity contribution in [2.75, 3.05) is 6.54 Å². The van der Waals surface area contributed by atoms with Crippen LogP contribution in [-0.2, 0) is 0 Å². The van der Waals surface area contributed by atoms with Gasteiger partial charge in [0.2, 0.25) is 0 Å². The summed E-state index contributed by atoms with van der Waals surface area (Å²) in [6.07, 6.45) is 4.22. The monoisotopic (exact) mass is 129 g/mol. The van der Waals surface area contributed by atoms with Crippen LogP contribution in [-0.4, -0.2) is 17.8 Å². The van der Waals surface area contributed by atoms with Crippen molar-refractivity contribution in [3.05, 3.63) is 0 Å². The predicted octanol–water partition coefficient (Wildman–Crippen LogP) is 0.496. The van der Waals surface area contributed by atoms with E-state index in [1.54, 1.807) is 0 Å². The van der Waals surface area contributed by atoms with Gasteiger partial charge >= 0.3 is 0 Å². The van der Waals surface area contributed by atoms with Crippen LogP contribution in [0.4, 0.5) is 0 Å². The molecule has 0 bridgehead atoms. The minimum Gasteiger partial charge on any atom is -0.393 e. The van der Waals surface area contributed by atoms with Crippen LogP contribution in [0.2, 0.25) is 0 Å². The summed E-state index contributed by atoms with van der Waals surface area (Å²) in [4.78, 5) is 0. The van der Waals surface area contributed by atoms with Crippen molar-refractivity contribution < 1.29 is 5.11 Å². The quantitative estimate of drug-likeness (QED) is 0.541. The van der Waals surface area contributed by atoms with Gasteiger partial charge < -0.3 is 10.8 Å². The normalized spacial score (nSPS) is 36.7. The number of aliphatic hydroxyl groups is 1. The molecule has 0 radical (unpaired) electrons. The number of rotatable bonds is 1. The summed E-state index contributed by atoms with van der Waals surface area (Å²) in [5.74, 6) is 0.591. The lowest BCUT2D eigenvalue weighted by Gasteiger charge is -2.24. The maximum absolute atomic E-state index is 9.16. The van der Waals surface area contributed by atoms with Crippen molar-refractivity contribution in [1.29, 1.82) is 0 Å². The summed E-state index contributed by atoms with van der Waals surface area (Å²) in [5, 5.41) is 9.16. The Hall–Kier alpha value is -0.0800. The summed E-state index contributed by atoms with van der Waals surface area (Å²) in [6, 6.07) is 0. The van der Waals surface area contributed by atoms with E-state index < -0.39 is 0 Å². The molecule has 54 valence electrons. The lowest BCUT2D eigenvalue weighted by Crippen LogP contribution is -2.25. The first-order valence-electron chi connectivity index (χ1n) is 3.71. The van der Waals surface area contributed by atoms with Crippen LogP contribution in [0.25, 0.3) is 0 Å². The molecule has 1 fully saturated rings. The van der Waals surface area contributed by atoms with Crippen molar-refractivity contribution in [2.24, 2.45) is 11.7 Å². The van der Waals surface area contributed by atoms with Crippen LogP contribution in [0.3, 0.4) is 0 Å². The maximum Gasteiger partial charge on any atom is 0.0543 e. The molecule has 0 aromatic rings. The van der Waals surface area contributed by atoms with Crippen molar-refractivity contribution in [3.8, 4) is 0 Å². The second-order valence-corrected chi connectivity index (χ2v) is 2.92. The van der Waals surface area contributed by atoms with Crippen molar-refractivity contribution in [1.82, 2.24) is 0 Å². The van der Waals surface area contributed by atoms with Gasteiger partial charge in [0.1, 0.15) is 0 Å². The number of nitrogens with two attached hydrogens (primary N) is 1. The average Bonchev–Trinajstić information content (AvgIpc) is 1.88. The number of hydrogen-bond donors (Lipinski definition) is 2. The van der Waals surface area contributed by atoms with Crippen molar-refractivity contribution in [3.63, 3.8) is 0 Å². The standard InChI is InChI=1S/C7H15NO/c8-5-6-2-1-3-7(9)4-6/h6-7,9H,1-5,8H2. The van der Waals surface area contributed by atoms with Crippen LogP contribution in [0, 0.1) is 5.92 Å². The zero-order chi connectivity index (χ0) is 6.69. The second-order valence-electron chi connectivity index (χ2n) is 2.92. The topological polar surface area (TPSA) is 46.2 Å². The van der Waals surface area contributed by atoms with E-state index in [1.165, 1.54) is 6.42 Å². The Labute approximate surface area is 56.1 Å². The van der Waals surface area contributed by atoms with Gasteiger partial charge in [0.15, 0.2) is 0 Å². The van der Waals surface area contributed by atoms with Gasteiger partial charge in [-0.1, -0.05) is 6.42 Å². The molecule has 3 N–H and O–H groups in total. The molecule has 9 heavy (non-hydrogen) atoms. The van der Waals surface area contributed by atoms with Gasteiger partial charge in [0, 0.05) is 0 Å². The highest BCUT2D eigenvalue weighted by molar-refractivity contribution is 4.71. The molecular weight excluding hydrogens is 114 g/mol. The van der Waals surface area contributed by atoms with Gasteiger partial charge in [-0.15, -0.1) is 0 Å². The predicted molar refractivity (Wildman–Crippen MR) is 37.0 cm³/mol. The Kier molecular flexibility index (Phi) is 2.49. The van der Waals surface area contributed by atoms with E-state index in [2.05, 4.69) is 0 Å². The third-order valence-corrected chi connectivity index (χ3v) is 2.09. The molecule has 0 spiro atoms. The van der Waals surface area contributed by atoms with E-state index in [-0.39, 0.29) is 6.10 Å². The smallest absolute Gasteiger partial charge is 0.0543 e. The minimum atomic E-state index is -0.0627. The molecule has 2 heteroatoms. The van der Waals surface area contributed by atoms with E-state index in [1.807, 2.05) is 0 Å². The highest BCUT2D eigenvalue weighted by Crippen LogP contribution is 2.22. The minimum absolute atomic E-state index is 0.0627. The zero-order valence-electron chi connectivity index (χ0n) is 5.71. The van der Waals surface area contributed by atoms with Gasteiger partial charge in [-0.2, -0.15) is 0 Å². The fourth-order valence-electron chi connectivity index (χ4n) is 1.48. The first-order valence-corrected chi connectivity index (χ1v) is 3.71. The zero-order valence-corrected chi connectivity index (χ0v) is 5.71. The molecule has 0 amide bonds. The van der Waals surface area contributed by atoms with Crippen LogP contribution in [0.15, 0.2) is 0 Å². The molecule has 0 heterocycles. The SMILES string of the molecule is NCC1CCCC(O)C1. The molecule has 1 rings (SSSR count). The van der Waals surface area contributed by atoms with E-state index in [9.17, 15) is 0 Å². The molecule has 1 aliphatic rings. The first-order chi connectivity index (χ1) is 4.33. The van der Waals surface area contributed by atoms with Crippen LogP contribution in [0.1, 0.15) is 25.7 Å². The Morgan fingerprint density at radius 1 is 1.44 bits per heavy atom. The first kappa shape index (κ1) is 7.03. The van der Waals surface area contributed by atoms with E-state index in [0.29, 0.717) is 5.92 Å². The third kappa shape index (κ3) is 1.95. The fourth-order valence-corrected chi connectivity index (χ4v) is 1.48. The molecule has 2 nitrogen and oxygen atoms in total. The Morgan fingerprint density at radius 2 is 2.22 bits per heavy atom. The summed E-state index contributed by atoms with van der Waals surface area (Å²) in [7, 11) is 0. The Balaban J connectivity index is 2.23. The molecule has 2 unspecified atom stereocenters. The molecule has 1 saturated carbocycles. The van der Waals surface area contributed by atoms with Gasteiger partial charge in [-0.25, -0.2) is 0 Å². The third-order valence-electron chi connectivity index (χ3n) is 2.09. The van der Waals surface area contributed by atoms with Crippen molar-refractivity contribution >= 4 is 0 Å². The summed E-state index contributed by atoms with van der Waals surface area (Å²) >= 11 is 0. The Morgan fingerprint density at radius 3 is 2.67 bits per heavy atom. The van der Waals surface area contributed by atoms with Gasteiger partial charge in [0.05, 0.1) is 6.10 Å². The van der Waals surface area contributed by atoms with E-state index in [4.69, 9.17) is 10.8 Å². The largest absolute Gasteiger partial charge is 0.393 e. The lowest BCUT2D eigenvalue weighted by molar-refractivity contribution is 0.103. The fraction of sp³-hybridized carbons (Fsp3) is 1.00. The number of aliphatic hydroxyl groups excluding tert-OH is 1. The maximum atomic E-state index is 9.16. The van der Waals surface area contributed by atoms with Gasteiger partial charge in [0.25, 0.3) is 0 Å². The summed E-state index contributed by atoms with van der Waals surface area (Å²) in [5.41, 5.74) is 5.45. The van der Waals surface area contributed by atoms with E-state index in [0.717, 1.165) is 25.8 Å². The Bertz CT molecular complexity index is 85.0. The molecule has 0 aromatic heterocycles. The van der Waals surface area contributed by atoms with Crippen LogP contribution < -0.4 is 5.73 Å². The molecule has 0 aliphatic heterocycles. The molecule has 2 atom stereocenters. The summed E-state index contributed by atoms with van der Waals surface area (Å²) in [6.45, 7) is 0.747. The van der Waals surface area contributed by atoms with E-state index >= 15 is 0 Å². The molecule has 1 aliphatic carbocycles. The lowest BCUT2D eigenvalue weighted by atomic mass is 9.87. The van der Waals surface area contributed by atoms with Crippen LogP contribution in [0.5, 0.6) is 0 Å².